The van der Waals surface area contributed by atoms with Crippen LogP contribution in [0, 0.1) is 5.92 Å². The number of carbonyl (C=O) groups is 1. The van der Waals surface area contributed by atoms with Gasteiger partial charge in [0.15, 0.2) is 6.61 Å². The molecule has 1 aliphatic carbocycles. The summed E-state index contributed by atoms with van der Waals surface area (Å²) in [6.07, 6.45) is 1.86. The number of carbonyl (C=O) groups excluding carboxylic acids is 1. The van der Waals surface area contributed by atoms with Crippen LogP contribution in [0.15, 0.2) is 20.3 Å². The first-order valence-corrected chi connectivity index (χ1v) is 7.08. The molecule has 0 radical (unpaired) electrons. The summed E-state index contributed by atoms with van der Waals surface area (Å²) in [5, 5.41) is 7.77. The van der Waals surface area contributed by atoms with Crippen molar-refractivity contribution in [1.82, 2.24) is 10.2 Å². The lowest BCUT2D eigenvalue weighted by atomic mass is 10.4. The van der Waals surface area contributed by atoms with Gasteiger partial charge >= 0.3 is 5.97 Å². The second-order valence-corrected chi connectivity index (χ2v) is 6.45. The number of nitrogens with zero attached hydrogens (tertiary/aromatic N) is 2. The summed E-state index contributed by atoms with van der Waals surface area (Å²) < 4.78 is 11.5. The second-order valence-electron chi connectivity index (χ2n) is 3.99. The number of hydrogen-bond donors (Lipinski definition) is 0. The molecule has 0 unspecified atom stereocenters. The molecule has 1 fully saturated rings. The van der Waals surface area contributed by atoms with Gasteiger partial charge in [-0.05, 0) is 40.9 Å². The summed E-state index contributed by atoms with van der Waals surface area (Å²) in [6.45, 7) is 0.0505. The van der Waals surface area contributed by atoms with E-state index in [0.717, 1.165) is 21.5 Å². The lowest BCUT2D eigenvalue weighted by molar-refractivity contribution is -0.147. The first-order chi connectivity index (χ1) is 8.72. The number of thiophene rings is 1. The van der Waals surface area contributed by atoms with Gasteiger partial charge in [-0.3, -0.25) is 4.79 Å². The Bertz CT molecular complexity index is 576. The Labute approximate surface area is 115 Å². The Balaban J connectivity index is 1.64. The van der Waals surface area contributed by atoms with Crippen LogP contribution in [0.2, 0.25) is 0 Å². The van der Waals surface area contributed by atoms with E-state index in [0.29, 0.717) is 11.8 Å². The van der Waals surface area contributed by atoms with Gasteiger partial charge < -0.3 is 9.15 Å². The minimum atomic E-state index is -0.173. The zero-order valence-corrected chi connectivity index (χ0v) is 11.7. The quantitative estimate of drug-likeness (QED) is 0.807. The minimum Gasteiger partial charge on any atom is -0.455 e. The Morgan fingerprint density at radius 2 is 2.33 bits per heavy atom. The van der Waals surface area contributed by atoms with E-state index in [2.05, 4.69) is 26.1 Å². The van der Waals surface area contributed by atoms with Crippen molar-refractivity contribution in [2.75, 3.05) is 0 Å². The molecular weight excluding hydrogens is 320 g/mol. The number of hydrogen-bond acceptors (Lipinski definition) is 6. The molecule has 0 N–H and O–H groups in total. The van der Waals surface area contributed by atoms with E-state index in [4.69, 9.17) is 9.15 Å². The van der Waals surface area contributed by atoms with E-state index in [1.165, 1.54) is 11.3 Å². The molecule has 5 nitrogen and oxygen atoms in total. The monoisotopic (exact) mass is 328 g/mol. The number of aromatic nitrogens is 2. The Morgan fingerprint density at radius 1 is 1.50 bits per heavy atom. The van der Waals surface area contributed by atoms with Crippen molar-refractivity contribution in [2.24, 2.45) is 5.92 Å². The molecular formula is C11H9BrN2O3S. The third kappa shape index (κ3) is 2.62. The van der Waals surface area contributed by atoms with Crippen molar-refractivity contribution in [3.63, 3.8) is 0 Å². The highest BCUT2D eigenvalue weighted by atomic mass is 79.9. The maximum atomic E-state index is 11.3. The summed E-state index contributed by atoms with van der Waals surface area (Å²) in [7, 11) is 0. The topological polar surface area (TPSA) is 65.2 Å². The highest BCUT2D eigenvalue weighted by Crippen LogP contribution is 2.31. The van der Waals surface area contributed by atoms with Gasteiger partial charge in [-0.25, -0.2) is 0 Å². The standard InChI is InChI=1S/C11H9BrN2O3S/c12-8-4-3-7(18-8)10-14-13-9(17-10)5-16-11(15)6-1-2-6/h3-4,6H,1-2,5H2. The van der Waals surface area contributed by atoms with Crippen molar-refractivity contribution in [3.8, 4) is 10.8 Å². The van der Waals surface area contributed by atoms with E-state index in [-0.39, 0.29) is 18.5 Å². The van der Waals surface area contributed by atoms with Crippen LogP contribution < -0.4 is 0 Å². The van der Waals surface area contributed by atoms with Crippen LogP contribution in [0.1, 0.15) is 18.7 Å². The molecule has 0 aromatic carbocycles. The molecule has 0 saturated heterocycles. The van der Waals surface area contributed by atoms with Crippen molar-refractivity contribution < 1.29 is 13.9 Å². The third-order valence-corrected chi connectivity index (χ3v) is 4.11. The van der Waals surface area contributed by atoms with Gasteiger partial charge in [0.1, 0.15) is 0 Å². The molecule has 0 bridgehead atoms. The number of rotatable bonds is 4. The molecule has 1 saturated carbocycles. The molecule has 0 spiro atoms. The van der Waals surface area contributed by atoms with Crippen LogP contribution >= 0.6 is 27.3 Å². The molecule has 2 aromatic heterocycles. The highest BCUT2D eigenvalue weighted by molar-refractivity contribution is 9.11. The van der Waals surface area contributed by atoms with E-state index in [1.54, 1.807) is 0 Å². The maximum Gasteiger partial charge on any atom is 0.309 e. The van der Waals surface area contributed by atoms with Crippen LogP contribution in [0.4, 0.5) is 0 Å². The van der Waals surface area contributed by atoms with Crippen molar-refractivity contribution in [1.29, 1.82) is 0 Å². The average Bonchev–Trinajstić information content (AvgIpc) is 2.95. The predicted molar refractivity (Wildman–Crippen MR) is 67.8 cm³/mol. The average molecular weight is 329 g/mol. The highest BCUT2D eigenvalue weighted by Gasteiger charge is 2.31. The number of esters is 1. The molecule has 2 heterocycles. The van der Waals surface area contributed by atoms with Gasteiger partial charge in [0.25, 0.3) is 11.8 Å². The molecule has 2 aromatic rings. The zero-order chi connectivity index (χ0) is 12.5. The number of ether oxygens (including phenoxy) is 1. The van der Waals surface area contributed by atoms with Crippen LogP contribution in [-0.4, -0.2) is 16.2 Å². The van der Waals surface area contributed by atoms with E-state index >= 15 is 0 Å². The normalized spacial score (nSPS) is 14.7. The van der Waals surface area contributed by atoms with Gasteiger partial charge in [-0.2, -0.15) is 0 Å². The smallest absolute Gasteiger partial charge is 0.309 e. The van der Waals surface area contributed by atoms with Crippen molar-refractivity contribution in [2.45, 2.75) is 19.4 Å². The fraction of sp³-hybridized carbons (Fsp3) is 0.364. The fourth-order valence-electron chi connectivity index (χ4n) is 1.41. The lowest BCUT2D eigenvalue weighted by Gasteiger charge is -1.98. The molecule has 1 aliphatic rings. The third-order valence-electron chi connectivity index (χ3n) is 2.50. The molecule has 3 rings (SSSR count). The van der Waals surface area contributed by atoms with E-state index in [1.807, 2.05) is 12.1 Å². The van der Waals surface area contributed by atoms with Gasteiger partial charge in [0.2, 0.25) is 0 Å². The zero-order valence-electron chi connectivity index (χ0n) is 9.26. The second kappa shape index (κ2) is 4.81. The van der Waals surface area contributed by atoms with Crippen LogP contribution in [-0.2, 0) is 16.1 Å². The van der Waals surface area contributed by atoms with Crippen molar-refractivity contribution in [3.05, 3.63) is 21.8 Å². The first kappa shape index (κ1) is 11.9. The van der Waals surface area contributed by atoms with Gasteiger partial charge in [-0.15, -0.1) is 21.5 Å². The van der Waals surface area contributed by atoms with Crippen LogP contribution in [0.3, 0.4) is 0 Å². The predicted octanol–water partition coefficient (Wildman–Crippen LogP) is 3.01. The van der Waals surface area contributed by atoms with E-state index in [9.17, 15) is 4.79 Å². The SMILES string of the molecule is O=C(OCc1nnc(-c2ccc(Br)s2)o1)C1CC1. The number of halogens is 1. The maximum absolute atomic E-state index is 11.3. The molecule has 7 heteroatoms. The van der Waals surface area contributed by atoms with Crippen molar-refractivity contribution >= 4 is 33.2 Å². The Hall–Kier alpha value is -1.21. The van der Waals surface area contributed by atoms with Gasteiger partial charge in [0, 0.05) is 0 Å². The summed E-state index contributed by atoms with van der Waals surface area (Å²) in [6, 6.07) is 3.80. The Kier molecular flexibility index (Phi) is 3.17. The van der Waals surface area contributed by atoms with Gasteiger partial charge in [-0.1, -0.05) is 0 Å². The first-order valence-electron chi connectivity index (χ1n) is 5.47. The largest absolute Gasteiger partial charge is 0.455 e. The Morgan fingerprint density at radius 3 is 3.00 bits per heavy atom. The molecule has 18 heavy (non-hydrogen) atoms. The molecule has 94 valence electrons. The molecule has 0 aliphatic heterocycles. The lowest BCUT2D eigenvalue weighted by Crippen LogP contribution is -2.06. The summed E-state index contributed by atoms with van der Waals surface area (Å²) in [5.41, 5.74) is 0. The summed E-state index contributed by atoms with van der Waals surface area (Å²) in [5.74, 6) is 0.681. The fourth-order valence-corrected chi connectivity index (χ4v) is 2.72. The summed E-state index contributed by atoms with van der Waals surface area (Å²) >= 11 is 4.87. The minimum absolute atomic E-state index is 0.0505. The molecule has 0 atom stereocenters. The summed E-state index contributed by atoms with van der Waals surface area (Å²) in [4.78, 5) is 12.2. The van der Waals surface area contributed by atoms with E-state index < -0.39 is 0 Å². The molecule has 0 amide bonds. The van der Waals surface area contributed by atoms with Gasteiger partial charge in [0.05, 0.1) is 14.6 Å². The van der Waals surface area contributed by atoms with Crippen LogP contribution in [0.5, 0.6) is 0 Å². The van der Waals surface area contributed by atoms with Crippen LogP contribution in [0.25, 0.3) is 10.8 Å².